The molecule has 5 aromatic rings. The molecule has 7 rings (SSSR count). The molecule has 1 N–H and O–H groups in total. The van der Waals surface area contributed by atoms with E-state index in [9.17, 15) is 14.4 Å². The van der Waals surface area contributed by atoms with Gasteiger partial charge in [0.2, 0.25) is 5.79 Å². The van der Waals surface area contributed by atoms with E-state index in [1.54, 1.807) is 43.1 Å². The van der Waals surface area contributed by atoms with Crippen LogP contribution < -0.4 is 20.2 Å². The molecular formula is C39H42Cl2N8O8. The van der Waals surface area contributed by atoms with Gasteiger partial charge in [-0.2, -0.15) is 10.2 Å². The van der Waals surface area contributed by atoms with Gasteiger partial charge in [-0.3, -0.25) is 9.59 Å². The van der Waals surface area contributed by atoms with Crippen molar-refractivity contribution >= 4 is 46.5 Å². The molecule has 16 nitrogen and oxygen atoms in total. The molecule has 2 aliphatic rings. The largest absolute Gasteiger partial charge is 0.491 e. The molecule has 2 unspecified atom stereocenters. The van der Waals surface area contributed by atoms with E-state index in [4.69, 9.17) is 47.3 Å². The summed E-state index contributed by atoms with van der Waals surface area (Å²) in [6.45, 7) is 7.42. The van der Waals surface area contributed by atoms with Gasteiger partial charge in [-0.05, 0) is 74.5 Å². The lowest BCUT2D eigenvalue weighted by atomic mass is 10.1. The number of hydrogen-bond acceptors (Lipinski definition) is 12. The van der Waals surface area contributed by atoms with Gasteiger partial charge in [0.25, 0.3) is 0 Å². The third-order valence-corrected chi connectivity index (χ3v) is 10.6. The van der Waals surface area contributed by atoms with Gasteiger partial charge in [-0.15, -0.1) is 0 Å². The van der Waals surface area contributed by atoms with E-state index in [-0.39, 0.29) is 37.8 Å². The minimum Gasteiger partial charge on any atom is -0.491 e. The Labute approximate surface area is 338 Å². The molecule has 2 fully saturated rings. The second-order valence-corrected chi connectivity index (χ2v) is 14.7. The SMILES string of the molecule is CC(OC(=O)CCC(=O)O)C(C)n1ncn(-c2ccc(N3CCN(c4ccc(OC[C@H]5CO[C@](Cn6cncn6)(c6ccc(Cl)cc6Cl)O5)cc4)CC3)cc2)c1=O. The van der Waals surface area contributed by atoms with Crippen molar-refractivity contribution in [1.29, 1.82) is 0 Å². The lowest BCUT2D eigenvalue weighted by Crippen LogP contribution is -2.46. The van der Waals surface area contributed by atoms with Gasteiger partial charge < -0.3 is 33.9 Å². The number of esters is 1. The van der Waals surface area contributed by atoms with Crippen LogP contribution in [0.4, 0.5) is 11.4 Å². The summed E-state index contributed by atoms with van der Waals surface area (Å²) in [5.74, 6) is -2.20. The van der Waals surface area contributed by atoms with Crippen molar-refractivity contribution in [1.82, 2.24) is 29.1 Å². The third kappa shape index (κ3) is 9.25. The molecule has 2 saturated heterocycles. The van der Waals surface area contributed by atoms with Gasteiger partial charge in [-0.1, -0.05) is 29.3 Å². The number of benzene rings is 3. The number of rotatable bonds is 15. The second-order valence-electron chi connectivity index (χ2n) is 13.9. The van der Waals surface area contributed by atoms with Gasteiger partial charge >= 0.3 is 17.6 Å². The predicted molar refractivity (Wildman–Crippen MR) is 210 cm³/mol. The summed E-state index contributed by atoms with van der Waals surface area (Å²) in [6, 6.07) is 20.4. The average molecular weight is 822 g/mol. The first-order valence-electron chi connectivity index (χ1n) is 18.5. The number of aromatic nitrogens is 6. The number of ether oxygens (including phenoxy) is 4. The van der Waals surface area contributed by atoms with E-state index in [0.29, 0.717) is 33.7 Å². The van der Waals surface area contributed by atoms with Crippen LogP contribution in [0.15, 0.2) is 90.5 Å². The number of carbonyl (C=O) groups excluding carboxylic acids is 1. The maximum absolute atomic E-state index is 13.2. The van der Waals surface area contributed by atoms with Crippen molar-refractivity contribution in [2.45, 2.75) is 57.3 Å². The van der Waals surface area contributed by atoms with E-state index >= 15 is 0 Å². The van der Waals surface area contributed by atoms with Crippen LogP contribution in [0.3, 0.4) is 0 Å². The molecule has 0 radical (unpaired) electrons. The highest BCUT2D eigenvalue weighted by Crippen LogP contribution is 2.40. The molecule has 57 heavy (non-hydrogen) atoms. The van der Waals surface area contributed by atoms with E-state index < -0.39 is 29.9 Å². The standard InChI is InChI=1S/C39H42Cl2N8O8/c1-26(27(2)56-37(52)14-13-36(50)51)49-38(53)48(25-44-49)31-6-4-29(5-7-31)45-15-17-46(18-16-45)30-8-10-32(11-9-30)54-20-33-21-55-39(57-33,22-47-24-42-23-43-47)34-12-3-28(40)19-35(34)41/h3-12,19,23-27,33H,13-18,20-22H2,1-2H3,(H,50,51)/t26?,27?,33-,39-/m0/s1. The Balaban J connectivity index is 0.897. The maximum atomic E-state index is 13.2. The van der Waals surface area contributed by atoms with E-state index in [1.807, 2.05) is 36.4 Å². The fourth-order valence-corrected chi connectivity index (χ4v) is 7.37. The maximum Gasteiger partial charge on any atom is 0.350 e. The molecule has 300 valence electrons. The van der Waals surface area contributed by atoms with Crippen LogP contribution in [0, 0.1) is 0 Å². The number of carboxylic acids is 1. The minimum absolute atomic E-state index is 0.243. The summed E-state index contributed by atoms with van der Waals surface area (Å²) >= 11 is 12.7. The van der Waals surface area contributed by atoms with E-state index in [2.05, 4.69) is 37.1 Å². The zero-order valence-corrected chi connectivity index (χ0v) is 32.8. The molecule has 2 aromatic heterocycles. The Bertz CT molecular complexity index is 2210. The lowest BCUT2D eigenvalue weighted by molar-refractivity contribution is -0.190. The van der Waals surface area contributed by atoms with Gasteiger partial charge in [0.05, 0.1) is 36.2 Å². The van der Waals surface area contributed by atoms with Crippen LogP contribution in [-0.4, -0.2) is 97.8 Å². The lowest BCUT2D eigenvalue weighted by Gasteiger charge is -2.37. The fraction of sp³-hybridized carbons (Fsp3) is 0.385. The Kier molecular flexibility index (Phi) is 12.1. The Morgan fingerprint density at radius 1 is 0.912 bits per heavy atom. The summed E-state index contributed by atoms with van der Waals surface area (Å²) in [6.07, 6.45) is 2.86. The van der Waals surface area contributed by atoms with Crippen LogP contribution in [0.5, 0.6) is 5.75 Å². The first kappa shape index (κ1) is 39.8. The summed E-state index contributed by atoms with van der Waals surface area (Å²) < 4.78 is 28.5. The third-order valence-electron chi connectivity index (χ3n) is 10.1. The van der Waals surface area contributed by atoms with Crippen molar-refractivity contribution < 1.29 is 33.6 Å². The molecule has 3 aromatic carbocycles. The number of hydrogen-bond donors (Lipinski definition) is 1. The highest BCUT2D eigenvalue weighted by molar-refractivity contribution is 6.35. The number of carbonyl (C=O) groups is 2. The van der Waals surface area contributed by atoms with Crippen molar-refractivity contribution in [2.75, 3.05) is 49.2 Å². The number of aliphatic carboxylic acids is 1. The predicted octanol–water partition coefficient (Wildman–Crippen LogP) is 4.96. The van der Waals surface area contributed by atoms with Gasteiger partial charge in [-0.25, -0.2) is 23.7 Å². The minimum atomic E-state index is -1.19. The number of carboxylic acid groups (broad SMARTS) is 1. The van der Waals surface area contributed by atoms with Crippen molar-refractivity contribution in [3.05, 3.63) is 112 Å². The van der Waals surface area contributed by atoms with Crippen LogP contribution in [0.2, 0.25) is 10.0 Å². The molecule has 4 heterocycles. The molecule has 0 bridgehead atoms. The van der Waals surface area contributed by atoms with Crippen molar-refractivity contribution in [2.24, 2.45) is 0 Å². The average Bonchev–Trinajstić information content (AvgIpc) is 3.97. The molecule has 18 heteroatoms. The number of anilines is 2. The molecule has 0 saturated carbocycles. The van der Waals surface area contributed by atoms with Gasteiger partial charge in [0.15, 0.2) is 0 Å². The summed E-state index contributed by atoms with van der Waals surface area (Å²) in [7, 11) is 0. The molecule has 0 amide bonds. The Morgan fingerprint density at radius 2 is 1.58 bits per heavy atom. The van der Waals surface area contributed by atoms with E-state index in [0.717, 1.165) is 37.6 Å². The number of nitrogens with zero attached hydrogens (tertiary/aromatic N) is 8. The first-order valence-corrected chi connectivity index (χ1v) is 19.2. The zero-order chi connectivity index (χ0) is 40.1. The molecule has 0 aliphatic carbocycles. The monoisotopic (exact) mass is 820 g/mol. The molecular weight excluding hydrogens is 779 g/mol. The van der Waals surface area contributed by atoms with Crippen LogP contribution in [0.1, 0.15) is 38.3 Å². The van der Waals surface area contributed by atoms with E-state index in [1.165, 1.54) is 21.9 Å². The molecule has 0 spiro atoms. The number of piperazine rings is 1. The first-order chi connectivity index (χ1) is 27.5. The second kappa shape index (κ2) is 17.4. The molecule has 2 aliphatic heterocycles. The van der Waals surface area contributed by atoms with Crippen LogP contribution >= 0.6 is 23.2 Å². The normalized spacial score (nSPS) is 19.3. The Hall–Kier alpha value is -5.42. The van der Waals surface area contributed by atoms with Gasteiger partial charge in [0, 0.05) is 48.1 Å². The van der Waals surface area contributed by atoms with Crippen molar-refractivity contribution in [3.63, 3.8) is 0 Å². The number of halogens is 2. The Morgan fingerprint density at radius 3 is 2.21 bits per heavy atom. The van der Waals surface area contributed by atoms with Gasteiger partial charge in [0.1, 0.15) is 50.1 Å². The molecule has 4 atom stereocenters. The quantitative estimate of drug-likeness (QED) is 0.141. The topological polar surface area (TPSA) is 168 Å². The highest BCUT2D eigenvalue weighted by atomic mass is 35.5. The van der Waals surface area contributed by atoms with Crippen molar-refractivity contribution in [3.8, 4) is 11.4 Å². The summed E-state index contributed by atoms with van der Waals surface area (Å²) in [5.41, 5.74) is 3.05. The fourth-order valence-electron chi connectivity index (χ4n) is 6.82. The van der Waals surface area contributed by atoms with Crippen LogP contribution in [-0.2, 0) is 36.1 Å². The smallest absolute Gasteiger partial charge is 0.350 e. The highest BCUT2D eigenvalue weighted by Gasteiger charge is 2.45. The van der Waals surface area contributed by atoms with Crippen LogP contribution in [0.25, 0.3) is 5.69 Å². The zero-order valence-electron chi connectivity index (χ0n) is 31.3. The summed E-state index contributed by atoms with van der Waals surface area (Å²) in [4.78, 5) is 44.7. The summed E-state index contributed by atoms with van der Waals surface area (Å²) in [5, 5.41) is 18.2.